The molecule has 0 aromatic carbocycles. The molecule has 2 atom stereocenters. The van der Waals surface area contributed by atoms with Crippen LogP contribution in [0, 0.1) is 0 Å². The van der Waals surface area contributed by atoms with Gasteiger partial charge in [0, 0.05) is 6.42 Å². The van der Waals surface area contributed by atoms with Gasteiger partial charge in [0.25, 0.3) is 10.1 Å². The Morgan fingerprint density at radius 3 is 1.88 bits per heavy atom. The van der Waals surface area contributed by atoms with Crippen LogP contribution in [0.2, 0.25) is 0 Å². The molecule has 6 nitrogen and oxygen atoms in total. The molecule has 0 rings (SSSR count). The van der Waals surface area contributed by atoms with Crippen molar-refractivity contribution >= 4 is 16.0 Å². The number of aliphatic hydroxyl groups excluding tert-OH is 1. The highest BCUT2D eigenvalue weighted by atomic mass is 32.2. The Kier molecular flexibility index (Phi) is 20.6. The van der Waals surface area contributed by atoms with Gasteiger partial charge in [0.15, 0.2) is 0 Å². The van der Waals surface area contributed by atoms with Gasteiger partial charge in [0.1, 0.15) is 0 Å². The molecule has 0 aromatic heterocycles. The lowest BCUT2D eigenvalue weighted by Crippen LogP contribution is -2.46. The monoisotopic (exact) mass is 487 g/mol. The fourth-order valence-electron chi connectivity index (χ4n) is 3.62. The van der Waals surface area contributed by atoms with Crippen LogP contribution in [0.3, 0.4) is 0 Å². The molecule has 0 saturated carbocycles. The summed E-state index contributed by atoms with van der Waals surface area (Å²) in [6, 6.07) is -1.06. The summed E-state index contributed by atoms with van der Waals surface area (Å²) >= 11 is 0. The van der Waals surface area contributed by atoms with E-state index < -0.39 is 28.0 Å². The molecule has 7 heteroatoms. The quantitative estimate of drug-likeness (QED) is 0.0970. The van der Waals surface area contributed by atoms with Gasteiger partial charge in [-0.05, 0) is 25.7 Å². The van der Waals surface area contributed by atoms with Crippen molar-refractivity contribution in [3.05, 3.63) is 24.3 Å². The number of carbonyl (C=O) groups excluding carboxylic acids is 1. The lowest BCUT2D eigenvalue weighted by atomic mass is 10.1. The summed E-state index contributed by atoms with van der Waals surface area (Å²) in [7, 11) is -4.33. The van der Waals surface area contributed by atoms with Gasteiger partial charge in [-0.1, -0.05) is 109 Å². The van der Waals surface area contributed by atoms with Crippen molar-refractivity contribution in [1.29, 1.82) is 0 Å². The highest BCUT2D eigenvalue weighted by Gasteiger charge is 2.24. The SMILES string of the molecule is CCCC/C=C/CC/C=C/C(O)C(CS(=O)(=O)O)NC(=O)CCCCCCCCCCCC. The first kappa shape index (κ1) is 31.8. The standard InChI is InChI=1S/C26H49NO5S/c1-3-5-7-9-11-13-14-16-18-20-22-26(29)27-24(23-33(30,31)32)25(28)21-19-17-15-12-10-8-6-4-2/h10,12,19,21,24-25,28H,3-9,11,13-18,20,22-23H2,1-2H3,(H,27,29)(H,30,31,32)/b12-10+,21-19+. The zero-order chi connectivity index (χ0) is 24.8. The van der Waals surface area contributed by atoms with Crippen LogP contribution in [0.15, 0.2) is 24.3 Å². The Morgan fingerprint density at radius 2 is 1.30 bits per heavy atom. The Hall–Kier alpha value is -1.18. The molecule has 0 aliphatic rings. The molecule has 1 amide bonds. The third-order valence-electron chi connectivity index (χ3n) is 5.63. The normalized spacial score (nSPS) is 14.2. The maximum Gasteiger partial charge on any atom is 0.267 e. The summed E-state index contributed by atoms with van der Waals surface area (Å²) < 4.78 is 31.9. The molecule has 0 aromatic rings. The molecule has 0 heterocycles. The van der Waals surface area contributed by atoms with Gasteiger partial charge in [-0.15, -0.1) is 0 Å². The summed E-state index contributed by atoms with van der Waals surface area (Å²) in [6.45, 7) is 4.37. The molecule has 2 unspecified atom stereocenters. The lowest BCUT2D eigenvalue weighted by molar-refractivity contribution is -0.122. The predicted octanol–water partition coefficient (Wildman–Crippen LogP) is 6.11. The van der Waals surface area contributed by atoms with E-state index in [1.54, 1.807) is 6.08 Å². The van der Waals surface area contributed by atoms with Crippen molar-refractivity contribution in [3.8, 4) is 0 Å². The van der Waals surface area contributed by atoms with Crippen LogP contribution in [0.25, 0.3) is 0 Å². The minimum Gasteiger partial charge on any atom is -0.387 e. The third-order valence-corrected chi connectivity index (χ3v) is 6.41. The van der Waals surface area contributed by atoms with Gasteiger partial charge in [-0.25, -0.2) is 0 Å². The van der Waals surface area contributed by atoms with Crippen molar-refractivity contribution in [3.63, 3.8) is 0 Å². The van der Waals surface area contributed by atoms with Gasteiger partial charge >= 0.3 is 0 Å². The van der Waals surface area contributed by atoms with E-state index in [0.29, 0.717) is 6.42 Å². The van der Waals surface area contributed by atoms with Crippen LogP contribution in [0.4, 0.5) is 0 Å². The maximum atomic E-state index is 12.2. The molecular formula is C26H49NO5S. The van der Waals surface area contributed by atoms with Gasteiger partial charge in [0.2, 0.25) is 5.91 Å². The van der Waals surface area contributed by atoms with E-state index in [1.165, 1.54) is 57.4 Å². The first-order valence-corrected chi connectivity index (χ1v) is 14.6. The lowest BCUT2D eigenvalue weighted by Gasteiger charge is -2.21. The molecule has 0 fully saturated rings. The van der Waals surface area contributed by atoms with Gasteiger partial charge in [0.05, 0.1) is 17.9 Å². The van der Waals surface area contributed by atoms with Gasteiger partial charge < -0.3 is 10.4 Å². The molecule has 0 aliphatic carbocycles. The Balaban J connectivity index is 4.24. The number of rotatable bonds is 22. The highest BCUT2D eigenvalue weighted by molar-refractivity contribution is 7.85. The van der Waals surface area contributed by atoms with Crippen molar-refractivity contribution < 1.29 is 22.9 Å². The van der Waals surface area contributed by atoms with Crippen LogP contribution in [0.5, 0.6) is 0 Å². The number of amides is 1. The van der Waals surface area contributed by atoms with Crippen LogP contribution in [0.1, 0.15) is 117 Å². The number of carbonyl (C=O) groups is 1. The molecule has 194 valence electrons. The molecular weight excluding hydrogens is 438 g/mol. The fourth-order valence-corrected chi connectivity index (χ4v) is 4.36. The number of aliphatic hydroxyl groups is 1. The number of hydrogen-bond acceptors (Lipinski definition) is 4. The molecule has 33 heavy (non-hydrogen) atoms. The van der Waals surface area contributed by atoms with E-state index in [1.807, 2.05) is 0 Å². The fraction of sp³-hybridized carbons (Fsp3) is 0.808. The average molecular weight is 488 g/mol. The zero-order valence-electron chi connectivity index (χ0n) is 21.0. The molecule has 0 aliphatic heterocycles. The van der Waals surface area contributed by atoms with E-state index in [-0.39, 0.29) is 12.3 Å². The van der Waals surface area contributed by atoms with E-state index in [2.05, 4.69) is 31.3 Å². The zero-order valence-corrected chi connectivity index (χ0v) is 21.8. The van der Waals surface area contributed by atoms with Gasteiger partial charge in [-0.2, -0.15) is 8.42 Å². The van der Waals surface area contributed by atoms with Crippen LogP contribution >= 0.6 is 0 Å². The smallest absolute Gasteiger partial charge is 0.267 e. The second-order valence-corrected chi connectivity index (χ2v) is 10.5. The minimum absolute atomic E-state index is 0.289. The highest BCUT2D eigenvalue weighted by Crippen LogP contribution is 2.11. The maximum absolute atomic E-state index is 12.2. The van der Waals surface area contributed by atoms with E-state index in [4.69, 9.17) is 0 Å². The van der Waals surface area contributed by atoms with Crippen molar-refractivity contribution in [1.82, 2.24) is 5.32 Å². The average Bonchev–Trinajstić information content (AvgIpc) is 2.75. The summed E-state index contributed by atoms with van der Waals surface area (Å²) in [6.07, 6.45) is 23.2. The minimum atomic E-state index is -4.33. The Labute approximate surface area is 203 Å². The Morgan fingerprint density at radius 1 is 0.788 bits per heavy atom. The second-order valence-electron chi connectivity index (χ2n) is 8.96. The number of allylic oxidation sites excluding steroid dienone is 3. The van der Waals surface area contributed by atoms with Crippen molar-refractivity contribution in [2.45, 2.75) is 129 Å². The summed E-state index contributed by atoms with van der Waals surface area (Å²) in [5.41, 5.74) is 0. The van der Waals surface area contributed by atoms with Crippen LogP contribution in [-0.2, 0) is 14.9 Å². The third kappa shape index (κ3) is 22.4. The van der Waals surface area contributed by atoms with E-state index in [9.17, 15) is 22.9 Å². The molecule has 0 bridgehead atoms. The molecule has 0 radical (unpaired) electrons. The number of hydrogen-bond donors (Lipinski definition) is 3. The van der Waals surface area contributed by atoms with Crippen molar-refractivity contribution in [2.24, 2.45) is 0 Å². The summed E-state index contributed by atoms with van der Waals surface area (Å²) in [5, 5.41) is 12.9. The van der Waals surface area contributed by atoms with E-state index in [0.717, 1.165) is 38.5 Å². The Bertz CT molecular complexity index is 631. The predicted molar refractivity (Wildman–Crippen MR) is 138 cm³/mol. The van der Waals surface area contributed by atoms with Crippen molar-refractivity contribution in [2.75, 3.05) is 5.75 Å². The first-order chi connectivity index (χ1) is 15.8. The topological polar surface area (TPSA) is 104 Å². The second kappa shape index (κ2) is 21.4. The summed E-state index contributed by atoms with van der Waals surface area (Å²) in [5.74, 6) is -1.01. The number of unbranched alkanes of at least 4 members (excludes halogenated alkanes) is 12. The van der Waals surface area contributed by atoms with E-state index >= 15 is 0 Å². The molecule has 0 spiro atoms. The largest absolute Gasteiger partial charge is 0.387 e. The first-order valence-electron chi connectivity index (χ1n) is 13.0. The molecule has 3 N–H and O–H groups in total. The van der Waals surface area contributed by atoms with Gasteiger partial charge in [-0.3, -0.25) is 9.35 Å². The number of nitrogens with one attached hydrogen (secondary N) is 1. The summed E-state index contributed by atoms with van der Waals surface area (Å²) in [4.78, 5) is 12.2. The van der Waals surface area contributed by atoms with Crippen LogP contribution < -0.4 is 5.32 Å². The molecule has 0 saturated heterocycles. The van der Waals surface area contributed by atoms with Crippen LogP contribution in [-0.4, -0.2) is 41.9 Å².